The van der Waals surface area contributed by atoms with Crippen LogP contribution < -0.4 is 4.84 Å². The second-order valence-electron chi connectivity index (χ2n) is 2.87. The van der Waals surface area contributed by atoms with E-state index in [-0.39, 0.29) is 5.97 Å². The summed E-state index contributed by atoms with van der Waals surface area (Å²) in [6, 6.07) is 9.12. The Morgan fingerprint density at radius 1 is 1.50 bits per heavy atom. The molecule has 14 heavy (non-hydrogen) atoms. The first-order chi connectivity index (χ1) is 6.77. The zero-order chi connectivity index (χ0) is 10.4. The van der Waals surface area contributed by atoms with Crippen molar-refractivity contribution in [3.8, 4) is 0 Å². The van der Waals surface area contributed by atoms with E-state index in [1.165, 1.54) is 7.11 Å². The number of carbonyl (C=O) groups is 1. The van der Waals surface area contributed by atoms with E-state index in [0.717, 1.165) is 5.56 Å². The maximum absolute atomic E-state index is 11.2. The average molecular weight is 214 g/mol. The maximum atomic E-state index is 11.2. The normalized spacial score (nSPS) is 12.1. The summed E-state index contributed by atoms with van der Waals surface area (Å²) >= 11 is 5.44. The van der Waals surface area contributed by atoms with E-state index in [2.05, 4.69) is 9.57 Å². The molecule has 0 aliphatic heterocycles. The topological polar surface area (TPSA) is 38.3 Å². The Labute approximate surface area is 88.1 Å². The number of esters is 1. The van der Waals surface area contributed by atoms with Crippen LogP contribution in [0.2, 0.25) is 0 Å². The molecule has 0 bridgehead atoms. The largest absolute Gasteiger partial charge is 0.468 e. The van der Waals surface area contributed by atoms with E-state index in [1.807, 2.05) is 30.3 Å². The molecular formula is C10H12ClNO2. The standard InChI is InChI=1S/C10H12ClNO2/c1-14-10(13)9(12-11)7-8-5-3-2-4-6-8/h2-6,9,12H,7H2,1H3/t9-/m0/s1. The van der Waals surface area contributed by atoms with Crippen molar-refractivity contribution in [3.63, 3.8) is 0 Å². The molecule has 0 spiro atoms. The van der Waals surface area contributed by atoms with E-state index in [1.54, 1.807) is 0 Å². The Kier molecular flexibility index (Phi) is 4.43. The molecule has 3 nitrogen and oxygen atoms in total. The number of hydrogen-bond acceptors (Lipinski definition) is 3. The van der Waals surface area contributed by atoms with Crippen LogP contribution in [0, 0.1) is 0 Å². The summed E-state index contributed by atoms with van der Waals surface area (Å²) in [5.74, 6) is -0.358. The van der Waals surface area contributed by atoms with Gasteiger partial charge in [0.05, 0.1) is 7.11 Å². The molecule has 0 fully saturated rings. The molecule has 0 saturated carbocycles. The molecule has 0 aliphatic carbocycles. The van der Waals surface area contributed by atoms with Gasteiger partial charge in [0.1, 0.15) is 6.04 Å². The van der Waals surface area contributed by atoms with Gasteiger partial charge >= 0.3 is 5.97 Å². The Morgan fingerprint density at radius 2 is 2.14 bits per heavy atom. The van der Waals surface area contributed by atoms with Crippen molar-refractivity contribution < 1.29 is 9.53 Å². The van der Waals surface area contributed by atoms with Crippen LogP contribution in [-0.4, -0.2) is 19.1 Å². The summed E-state index contributed by atoms with van der Waals surface area (Å²) in [4.78, 5) is 13.6. The fraction of sp³-hybridized carbons (Fsp3) is 0.300. The Hall–Kier alpha value is -1.06. The third-order valence-corrected chi connectivity index (χ3v) is 2.16. The first-order valence-electron chi connectivity index (χ1n) is 4.26. The van der Waals surface area contributed by atoms with Gasteiger partial charge in [0.15, 0.2) is 0 Å². The van der Waals surface area contributed by atoms with Crippen molar-refractivity contribution in [2.75, 3.05) is 7.11 Å². The van der Waals surface area contributed by atoms with Crippen LogP contribution in [0.25, 0.3) is 0 Å². The molecule has 76 valence electrons. The van der Waals surface area contributed by atoms with Crippen molar-refractivity contribution >= 4 is 17.7 Å². The highest BCUT2D eigenvalue weighted by Gasteiger charge is 2.17. The Bertz CT molecular complexity index is 289. The zero-order valence-electron chi connectivity index (χ0n) is 7.87. The molecule has 0 amide bonds. The van der Waals surface area contributed by atoms with Crippen molar-refractivity contribution in [1.29, 1.82) is 0 Å². The summed E-state index contributed by atoms with van der Waals surface area (Å²) in [6.07, 6.45) is 0.525. The number of nitrogens with one attached hydrogen (secondary N) is 1. The predicted octanol–water partition coefficient (Wildman–Crippen LogP) is 1.51. The number of ether oxygens (including phenoxy) is 1. The lowest BCUT2D eigenvalue weighted by Crippen LogP contribution is -2.33. The molecule has 1 N–H and O–H groups in total. The summed E-state index contributed by atoms with van der Waals surface area (Å²) in [5.41, 5.74) is 1.04. The van der Waals surface area contributed by atoms with Gasteiger partial charge in [-0.2, -0.15) is 0 Å². The van der Waals surface area contributed by atoms with Gasteiger partial charge in [0.2, 0.25) is 0 Å². The molecule has 4 heteroatoms. The number of rotatable bonds is 4. The highest BCUT2D eigenvalue weighted by molar-refractivity contribution is 6.14. The van der Waals surface area contributed by atoms with Crippen LogP contribution in [-0.2, 0) is 16.0 Å². The van der Waals surface area contributed by atoms with Gasteiger partial charge in [-0.05, 0) is 23.8 Å². The zero-order valence-corrected chi connectivity index (χ0v) is 8.62. The highest BCUT2D eigenvalue weighted by atomic mass is 35.5. The predicted molar refractivity (Wildman–Crippen MR) is 54.9 cm³/mol. The third-order valence-electron chi connectivity index (χ3n) is 1.90. The molecular weight excluding hydrogens is 202 g/mol. The van der Waals surface area contributed by atoms with Crippen LogP contribution >= 0.6 is 11.8 Å². The van der Waals surface area contributed by atoms with E-state index >= 15 is 0 Å². The van der Waals surface area contributed by atoms with Gasteiger partial charge in [0.25, 0.3) is 0 Å². The lowest BCUT2D eigenvalue weighted by Gasteiger charge is -2.11. The third kappa shape index (κ3) is 3.01. The van der Waals surface area contributed by atoms with Gasteiger partial charge in [-0.3, -0.25) is 4.79 Å². The maximum Gasteiger partial charge on any atom is 0.324 e. The minimum Gasteiger partial charge on any atom is -0.468 e. The molecule has 1 aromatic carbocycles. The van der Waals surface area contributed by atoms with Crippen LogP contribution in [0.4, 0.5) is 0 Å². The van der Waals surface area contributed by atoms with E-state index < -0.39 is 6.04 Å². The number of carbonyl (C=O) groups excluding carboxylic acids is 1. The summed E-state index contributed by atoms with van der Waals surface area (Å²) in [7, 11) is 1.34. The summed E-state index contributed by atoms with van der Waals surface area (Å²) < 4.78 is 4.59. The Balaban J connectivity index is 2.62. The molecule has 1 aromatic rings. The lowest BCUT2D eigenvalue weighted by atomic mass is 10.1. The first-order valence-corrected chi connectivity index (χ1v) is 4.63. The quantitative estimate of drug-likeness (QED) is 0.609. The van der Waals surface area contributed by atoms with Crippen molar-refractivity contribution in [3.05, 3.63) is 35.9 Å². The molecule has 1 rings (SSSR count). The molecule has 0 radical (unpaired) electrons. The van der Waals surface area contributed by atoms with Crippen molar-refractivity contribution in [2.24, 2.45) is 0 Å². The minimum atomic E-state index is -0.496. The fourth-order valence-electron chi connectivity index (χ4n) is 1.16. The van der Waals surface area contributed by atoms with Crippen LogP contribution in [0.5, 0.6) is 0 Å². The SMILES string of the molecule is COC(=O)[C@H](Cc1ccccc1)NCl. The molecule has 0 unspecified atom stereocenters. The Morgan fingerprint density at radius 3 is 2.64 bits per heavy atom. The molecule has 0 aliphatic rings. The lowest BCUT2D eigenvalue weighted by molar-refractivity contribution is -0.142. The second-order valence-corrected chi connectivity index (χ2v) is 3.09. The fourth-order valence-corrected chi connectivity index (χ4v) is 1.32. The van der Waals surface area contributed by atoms with Crippen LogP contribution in [0.1, 0.15) is 5.56 Å². The van der Waals surface area contributed by atoms with Crippen molar-refractivity contribution in [1.82, 2.24) is 4.84 Å². The van der Waals surface area contributed by atoms with Crippen LogP contribution in [0.15, 0.2) is 30.3 Å². The van der Waals surface area contributed by atoms with E-state index in [0.29, 0.717) is 6.42 Å². The van der Waals surface area contributed by atoms with Crippen molar-refractivity contribution in [2.45, 2.75) is 12.5 Å². The minimum absolute atomic E-state index is 0.358. The van der Waals surface area contributed by atoms with Gasteiger partial charge in [-0.25, -0.2) is 4.84 Å². The first kappa shape index (κ1) is 11.0. The van der Waals surface area contributed by atoms with Gasteiger partial charge in [-0.1, -0.05) is 30.3 Å². The molecule has 0 aromatic heterocycles. The van der Waals surface area contributed by atoms with Gasteiger partial charge in [-0.15, -0.1) is 0 Å². The molecule has 0 saturated heterocycles. The molecule has 1 atom stereocenters. The average Bonchev–Trinajstić information content (AvgIpc) is 2.26. The number of methoxy groups -OCH3 is 1. The highest BCUT2D eigenvalue weighted by Crippen LogP contribution is 2.04. The van der Waals surface area contributed by atoms with Crippen LogP contribution in [0.3, 0.4) is 0 Å². The summed E-state index contributed by atoms with van der Waals surface area (Å²) in [5, 5.41) is 0. The number of hydrogen-bond donors (Lipinski definition) is 1. The number of halogens is 1. The van der Waals surface area contributed by atoms with Gasteiger partial charge < -0.3 is 4.74 Å². The number of benzene rings is 1. The summed E-state index contributed by atoms with van der Waals surface area (Å²) in [6.45, 7) is 0. The molecule has 0 heterocycles. The van der Waals surface area contributed by atoms with E-state index in [9.17, 15) is 4.79 Å². The second kappa shape index (κ2) is 5.62. The van der Waals surface area contributed by atoms with E-state index in [4.69, 9.17) is 11.8 Å². The van der Waals surface area contributed by atoms with Gasteiger partial charge in [0, 0.05) is 0 Å². The smallest absolute Gasteiger partial charge is 0.324 e. The monoisotopic (exact) mass is 213 g/mol.